The number of anilines is 1. The Kier molecular flexibility index (Phi) is 4.37. The SMILES string of the molecule is CCOc1cccc(NC(=O)C(N)c2cnn(C)c2)c1. The summed E-state index contributed by atoms with van der Waals surface area (Å²) in [6.07, 6.45) is 3.31. The fourth-order valence-electron chi connectivity index (χ4n) is 1.80. The Balaban J connectivity index is 2.05. The van der Waals surface area contributed by atoms with Crippen LogP contribution in [0.2, 0.25) is 0 Å². The number of amides is 1. The number of hydrogen-bond donors (Lipinski definition) is 2. The van der Waals surface area contributed by atoms with E-state index in [0.717, 1.165) is 0 Å². The Hall–Kier alpha value is -2.34. The lowest BCUT2D eigenvalue weighted by molar-refractivity contribution is -0.117. The Bertz CT molecular complexity index is 594. The summed E-state index contributed by atoms with van der Waals surface area (Å²) in [5, 5.41) is 6.77. The van der Waals surface area contributed by atoms with Gasteiger partial charge in [-0.1, -0.05) is 6.07 Å². The normalized spacial score (nSPS) is 11.9. The van der Waals surface area contributed by atoms with Crippen molar-refractivity contribution in [3.8, 4) is 5.75 Å². The van der Waals surface area contributed by atoms with Crippen molar-refractivity contribution in [2.45, 2.75) is 13.0 Å². The minimum Gasteiger partial charge on any atom is -0.494 e. The molecule has 2 rings (SSSR count). The molecule has 1 aromatic carbocycles. The van der Waals surface area contributed by atoms with Crippen LogP contribution in [0.4, 0.5) is 5.69 Å². The maximum atomic E-state index is 12.1. The lowest BCUT2D eigenvalue weighted by Crippen LogP contribution is -2.27. The summed E-state index contributed by atoms with van der Waals surface area (Å²) in [4.78, 5) is 12.1. The van der Waals surface area contributed by atoms with Crippen LogP contribution in [0.25, 0.3) is 0 Å². The van der Waals surface area contributed by atoms with Gasteiger partial charge in [-0.25, -0.2) is 0 Å². The molecule has 1 aromatic heterocycles. The van der Waals surface area contributed by atoms with E-state index in [4.69, 9.17) is 10.5 Å². The van der Waals surface area contributed by atoms with E-state index >= 15 is 0 Å². The van der Waals surface area contributed by atoms with Gasteiger partial charge >= 0.3 is 0 Å². The largest absolute Gasteiger partial charge is 0.494 e. The molecule has 0 radical (unpaired) electrons. The quantitative estimate of drug-likeness (QED) is 0.864. The molecule has 0 aliphatic heterocycles. The molecule has 2 aromatic rings. The van der Waals surface area contributed by atoms with Gasteiger partial charge in [-0.3, -0.25) is 9.48 Å². The van der Waals surface area contributed by atoms with Gasteiger partial charge < -0.3 is 15.8 Å². The Labute approximate surface area is 117 Å². The number of ether oxygens (including phenoxy) is 1. The van der Waals surface area contributed by atoms with Gasteiger partial charge in [-0.2, -0.15) is 5.10 Å². The van der Waals surface area contributed by atoms with Gasteiger partial charge in [0.2, 0.25) is 5.91 Å². The lowest BCUT2D eigenvalue weighted by Gasteiger charge is -2.11. The second kappa shape index (κ2) is 6.21. The number of nitrogens with one attached hydrogen (secondary N) is 1. The second-order valence-corrected chi connectivity index (χ2v) is 4.38. The van der Waals surface area contributed by atoms with Gasteiger partial charge in [0.1, 0.15) is 11.8 Å². The highest BCUT2D eigenvalue weighted by Crippen LogP contribution is 2.19. The van der Waals surface area contributed by atoms with Gasteiger partial charge in [-0.15, -0.1) is 0 Å². The molecule has 20 heavy (non-hydrogen) atoms. The van der Waals surface area contributed by atoms with Crippen molar-refractivity contribution in [2.24, 2.45) is 12.8 Å². The number of aromatic nitrogens is 2. The van der Waals surface area contributed by atoms with Crippen LogP contribution in [0.5, 0.6) is 5.75 Å². The minimum atomic E-state index is -0.751. The van der Waals surface area contributed by atoms with E-state index < -0.39 is 6.04 Å². The predicted octanol–water partition coefficient (Wildman–Crippen LogP) is 1.46. The highest BCUT2D eigenvalue weighted by atomic mass is 16.5. The third-order valence-corrected chi connectivity index (χ3v) is 2.78. The Morgan fingerprint density at radius 3 is 3.00 bits per heavy atom. The lowest BCUT2D eigenvalue weighted by atomic mass is 10.1. The van der Waals surface area contributed by atoms with Crippen LogP contribution in [0, 0.1) is 0 Å². The van der Waals surface area contributed by atoms with E-state index in [2.05, 4.69) is 10.4 Å². The number of nitrogens with zero attached hydrogens (tertiary/aromatic N) is 2. The number of aryl methyl sites for hydroxylation is 1. The maximum Gasteiger partial charge on any atom is 0.246 e. The topological polar surface area (TPSA) is 82.2 Å². The van der Waals surface area contributed by atoms with Gasteiger partial charge in [0.05, 0.1) is 12.8 Å². The van der Waals surface area contributed by atoms with Crippen molar-refractivity contribution in [2.75, 3.05) is 11.9 Å². The number of hydrogen-bond acceptors (Lipinski definition) is 4. The summed E-state index contributed by atoms with van der Waals surface area (Å²) in [5.41, 5.74) is 7.23. The first-order chi connectivity index (χ1) is 9.60. The Morgan fingerprint density at radius 1 is 1.55 bits per heavy atom. The first-order valence-electron chi connectivity index (χ1n) is 6.38. The van der Waals surface area contributed by atoms with Crippen LogP contribution in [-0.2, 0) is 11.8 Å². The van der Waals surface area contributed by atoms with Crippen molar-refractivity contribution in [1.29, 1.82) is 0 Å². The molecule has 106 valence electrons. The first-order valence-corrected chi connectivity index (χ1v) is 6.38. The molecule has 1 heterocycles. The number of carbonyl (C=O) groups is 1. The zero-order valence-electron chi connectivity index (χ0n) is 11.5. The number of nitrogens with two attached hydrogens (primary N) is 1. The molecule has 1 atom stereocenters. The van der Waals surface area contributed by atoms with Crippen molar-refractivity contribution < 1.29 is 9.53 Å². The molecule has 0 saturated carbocycles. The van der Waals surface area contributed by atoms with E-state index in [-0.39, 0.29) is 5.91 Å². The van der Waals surface area contributed by atoms with E-state index in [1.807, 2.05) is 19.1 Å². The van der Waals surface area contributed by atoms with Crippen LogP contribution in [0.1, 0.15) is 18.5 Å². The summed E-state index contributed by atoms with van der Waals surface area (Å²) in [6.45, 7) is 2.48. The maximum absolute atomic E-state index is 12.1. The van der Waals surface area contributed by atoms with Crippen molar-refractivity contribution in [1.82, 2.24) is 9.78 Å². The molecule has 0 aliphatic rings. The van der Waals surface area contributed by atoms with E-state index in [1.165, 1.54) is 0 Å². The molecular formula is C14H18N4O2. The average molecular weight is 274 g/mol. The molecule has 0 aliphatic carbocycles. The van der Waals surface area contributed by atoms with Crippen molar-refractivity contribution in [3.05, 3.63) is 42.2 Å². The molecule has 1 unspecified atom stereocenters. The summed E-state index contributed by atoms with van der Waals surface area (Å²) in [7, 11) is 1.78. The highest BCUT2D eigenvalue weighted by Gasteiger charge is 2.17. The van der Waals surface area contributed by atoms with Crippen molar-refractivity contribution in [3.63, 3.8) is 0 Å². The van der Waals surface area contributed by atoms with E-state index in [1.54, 1.807) is 36.3 Å². The predicted molar refractivity (Wildman–Crippen MR) is 76.4 cm³/mol. The van der Waals surface area contributed by atoms with Crippen molar-refractivity contribution >= 4 is 11.6 Å². The minimum absolute atomic E-state index is 0.286. The zero-order valence-corrected chi connectivity index (χ0v) is 11.5. The first kappa shape index (κ1) is 14.1. The summed E-state index contributed by atoms with van der Waals surface area (Å²) in [5.74, 6) is 0.423. The van der Waals surface area contributed by atoms with Crippen LogP contribution in [0.15, 0.2) is 36.7 Å². The summed E-state index contributed by atoms with van der Waals surface area (Å²) >= 11 is 0. The third-order valence-electron chi connectivity index (χ3n) is 2.78. The monoisotopic (exact) mass is 274 g/mol. The molecule has 0 saturated heterocycles. The van der Waals surface area contributed by atoms with Gasteiger partial charge in [-0.05, 0) is 19.1 Å². The molecule has 0 fully saturated rings. The number of benzene rings is 1. The molecular weight excluding hydrogens is 256 g/mol. The fraction of sp³-hybridized carbons (Fsp3) is 0.286. The van der Waals surface area contributed by atoms with Crippen LogP contribution < -0.4 is 15.8 Å². The van der Waals surface area contributed by atoms with Crippen LogP contribution in [-0.4, -0.2) is 22.3 Å². The molecule has 0 bridgehead atoms. The van der Waals surface area contributed by atoms with Gasteiger partial charge in [0.15, 0.2) is 0 Å². The van der Waals surface area contributed by atoms with Crippen LogP contribution >= 0.6 is 0 Å². The highest BCUT2D eigenvalue weighted by molar-refractivity contribution is 5.95. The number of carbonyl (C=O) groups excluding carboxylic acids is 1. The fourth-order valence-corrected chi connectivity index (χ4v) is 1.80. The molecule has 6 heteroatoms. The standard InChI is InChI=1S/C14H18N4O2/c1-3-20-12-6-4-5-11(7-12)17-14(19)13(15)10-8-16-18(2)9-10/h4-9,13H,3,15H2,1-2H3,(H,17,19). The van der Waals surface area contributed by atoms with Gasteiger partial charge in [0, 0.05) is 30.6 Å². The smallest absolute Gasteiger partial charge is 0.246 e. The third kappa shape index (κ3) is 3.36. The van der Waals surface area contributed by atoms with E-state index in [9.17, 15) is 4.79 Å². The summed E-state index contributed by atoms with van der Waals surface area (Å²) < 4.78 is 6.99. The van der Waals surface area contributed by atoms with E-state index in [0.29, 0.717) is 23.6 Å². The average Bonchev–Trinajstić information content (AvgIpc) is 2.85. The molecule has 6 nitrogen and oxygen atoms in total. The second-order valence-electron chi connectivity index (χ2n) is 4.38. The molecule has 3 N–H and O–H groups in total. The van der Waals surface area contributed by atoms with Crippen LogP contribution in [0.3, 0.4) is 0 Å². The molecule has 1 amide bonds. The Morgan fingerprint density at radius 2 is 2.35 bits per heavy atom. The summed E-state index contributed by atoms with van der Waals surface area (Å²) in [6, 6.07) is 6.45. The number of rotatable bonds is 5. The molecule has 0 spiro atoms. The van der Waals surface area contributed by atoms with Gasteiger partial charge in [0.25, 0.3) is 0 Å². The zero-order chi connectivity index (χ0) is 14.5.